The van der Waals surface area contributed by atoms with Gasteiger partial charge in [0.1, 0.15) is 5.58 Å². The maximum Gasteiger partial charge on any atom is 0.371 e. The molecule has 0 unspecified atom stereocenters. The van der Waals surface area contributed by atoms with E-state index >= 15 is 0 Å². The van der Waals surface area contributed by atoms with Gasteiger partial charge in [0.25, 0.3) is 0 Å². The summed E-state index contributed by atoms with van der Waals surface area (Å²) in [6.07, 6.45) is 6.19. The van der Waals surface area contributed by atoms with E-state index in [1.807, 2.05) is 12.1 Å². The zero-order valence-electron chi connectivity index (χ0n) is 10.2. The van der Waals surface area contributed by atoms with Crippen molar-refractivity contribution in [2.75, 3.05) is 0 Å². The summed E-state index contributed by atoms with van der Waals surface area (Å²) in [7, 11) is 0. The van der Waals surface area contributed by atoms with Crippen LogP contribution in [-0.4, -0.2) is 11.1 Å². The van der Waals surface area contributed by atoms with Crippen LogP contribution in [0.25, 0.3) is 11.0 Å². The Morgan fingerprint density at radius 2 is 2.00 bits per heavy atom. The number of benzene rings is 1. The van der Waals surface area contributed by atoms with Gasteiger partial charge in [0.05, 0.1) is 0 Å². The number of hydrogen-bond donors (Lipinski definition) is 1. The van der Waals surface area contributed by atoms with Gasteiger partial charge >= 0.3 is 5.97 Å². The highest BCUT2D eigenvalue weighted by molar-refractivity contribution is 5.92. The van der Waals surface area contributed by atoms with Crippen molar-refractivity contribution in [1.29, 1.82) is 0 Å². The van der Waals surface area contributed by atoms with Gasteiger partial charge in [0, 0.05) is 5.39 Å². The van der Waals surface area contributed by atoms with Crippen LogP contribution in [0, 0.1) is 0 Å². The van der Waals surface area contributed by atoms with Gasteiger partial charge in [-0.25, -0.2) is 4.79 Å². The minimum absolute atomic E-state index is 0.0354. The molecule has 1 aromatic carbocycles. The van der Waals surface area contributed by atoms with E-state index in [9.17, 15) is 4.79 Å². The third-order valence-electron chi connectivity index (χ3n) is 3.83. The molecule has 1 aromatic heterocycles. The highest BCUT2D eigenvalue weighted by Crippen LogP contribution is 2.37. The van der Waals surface area contributed by atoms with Gasteiger partial charge < -0.3 is 9.52 Å². The molecule has 2 aromatic rings. The molecule has 0 spiro atoms. The third kappa shape index (κ3) is 1.90. The fraction of sp³-hybridized carbons (Fsp3) is 0.400. The topological polar surface area (TPSA) is 50.4 Å². The van der Waals surface area contributed by atoms with Crippen LogP contribution in [0.2, 0.25) is 0 Å². The molecule has 0 saturated heterocycles. The number of rotatable bonds is 2. The molecule has 1 fully saturated rings. The van der Waals surface area contributed by atoms with Crippen LogP contribution < -0.4 is 0 Å². The molecule has 1 aliphatic carbocycles. The lowest BCUT2D eigenvalue weighted by atomic mass is 9.83. The number of carboxylic acids is 1. The molecular weight excluding hydrogens is 228 g/mol. The number of carboxylic acid groups (broad SMARTS) is 1. The van der Waals surface area contributed by atoms with Crippen LogP contribution in [0.4, 0.5) is 0 Å². The Labute approximate surface area is 105 Å². The van der Waals surface area contributed by atoms with E-state index in [0.717, 1.165) is 11.0 Å². The standard InChI is InChI=1S/C15H16O3/c16-15(17)13-9-11-7-4-8-12(14(11)18-13)10-5-2-1-3-6-10/h4,7-10H,1-3,5-6H2,(H,16,17). The molecule has 1 N–H and O–H groups in total. The highest BCUT2D eigenvalue weighted by Gasteiger charge is 2.20. The Hall–Kier alpha value is -1.77. The molecule has 0 aliphatic heterocycles. The predicted molar refractivity (Wildman–Crippen MR) is 69.0 cm³/mol. The van der Waals surface area contributed by atoms with Crippen LogP contribution in [0.5, 0.6) is 0 Å². The largest absolute Gasteiger partial charge is 0.475 e. The fourth-order valence-corrected chi connectivity index (χ4v) is 2.93. The summed E-state index contributed by atoms with van der Waals surface area (Å²) < 4.78 is 5.51. The molecule has 1 aliphatic rings. The molecule has 3 heteroatoms. The lowest BCUT2D eigenvalue weighted by molar-refractivity contribution is 0.0665. The second-order valence-electron chi connectivity index (χ2n) is 5.02. The maximum atomic E-state index is 11.0. The Morgan fingerprint density at radius 3 is 2.72 bits per heavy atom. The zero-order chi connectivity index (χ0) is 12.5. The summed E-state index contributed by atoms with van der Waals surface area (Å²) in [4.78, 5) is 11.0. The van der Waals surface area contributed by atoms with Crippen molar-refractivity contribution in [3.63, 3.8) is 0 Å². The first-order valence-electron chi connectivity index (χ1n) is 6.51. The minimum atomic E-state index is -0.999. The van der Waals surface area contributed by atoms with E-state index in [1.54, 1.807) is 6.07 Å². The monoisotopic (exact) mass is 244 g/mol. The number of para-hydroxylation sites is 1. The Morgan fingerprint density at radius 1 is 1.22 bits per heavy atom. The Kier molecular flexibility index (Phi) is 2.82. The quantitative estimate of drug-likeness (QED) is 0.862. The number of fused-ring (bicyclic) bond motifs is 1. The van der Waals surface area contributed by atoms with Crippen molar-refractivity contribution < 1.29 is 14.3 Å². The summed E-state index contributed by atoms with van der Waals surface area (Å²) in [6, 6.07) is 7.60. The lowest BCUT2D eigenvalue weighted by Crippen LogP contribution is -2.04. The smallest absolute Gasteiger partial charge is 0.371 e. The van der Waals surface area contributed by atoms with Crippen molar-refractivity contribution in [1.82, 2.24) is 0 Å². The van der Waals surface area contributed by atoms with Crippen LogP contribution in [0.1, 0.15) is 54.1 Å². The average Bonchev–Trinajstić information content (AvgIpc) is 2.83. The number of aromatic carboxylic acids is 1. The van der Waals surface area contributed by atoms with E-state index in [-0.39, 0.29) is 5.76 Å². The van der Waals surface area contributed by atoms with Crippen molar-refractivity contribution in [2.24, 2.45) is 0 Å². The highest BCUT2D eigenvalue weighted by atomic mass is 16.4. The van der Waals surface area contributed by atoms with Crippen molar-refractivity contribution >= 4 is 16.9 Å². The summed E-state index contributed by atoms with van der Waals surface area (Å²) >= 11 is 0. The van der Waals surface area contributed by atoms with Crippen molar-refractivity contribution in [3.8, 4) is 0 Å². The normalized spacial score (nSPS) is 17.1. The number of hydrogen-bond acceptors (Lipinski definition) is 2. The second-order valence-corrected chi connectivity index (χ2v) is 5.02. The van der Waals surface area contributed by atoms with Crippen LogP contribution in [-0.2, 0) is 0 Å². The number of furan rings is 1. The molecule has 3 nitrogen and oxygen atoms in total. The van der Waals surface area contributed by atoms with Crippen molar-refractivity contribution in [2.45, 2.75) is 38.0 Å². The van der Waals surface area contributed by atoms with E-state index in [1.165, 1.54) is 37.7 Å². The molecular formula is C15H16O3. The fourth-order valence-electron chi connectivity index (χ4n) is 2.93. The summed E-state index contributed by atoms with van der Waals surface area (Å²) in [5, 5.41) is 9.89. The van der Waals surface area contributed by atoms with Crippen molar-refractivity contribution in [3.05, 3.63) is 35.6 Å². The van der Waals surface area contributed by atoms with E-state index in [0.29, 0.717) is 5.92 Å². The Balaban J connectivity index is 2.07. The van der Waals surface area contributed by atoms with Gasteiger partial charge in [-0.15, -0.1) is 0 Å². The first-order valence-corrected chi connectivity index (χ1v) is 6.51. The molecule has 1 heterocycles. The second kappa shape index (κ2) is 4.48. The maximum absolute atomic E-state index is 11.0. The molecule has 0 bridgehead atoms. The number of carbonyl (C=O) groups is 1. The summed E-state index contributed by atoms with van der Waals surface area (Å²) in [5.74, 6) is -0.440. The van der Waals surface area contributed by atoms with E-state index in [4.69, 9.17) is 9.52 Å². The van der Waals surface area contributed by atoms with Gasteiger partial charge in [-0.05, 0) is 30.4 Å². The van der Waals surface area contributed by atoms with Gasteiger partial charge in [-0.3, -0.25) is 0 Å². The van der Waals surface area contributed by atoms with E-state index in [2.05, 4.69) is 6.07 Å². The van der Waals surface area contributed by atoms with E-state index < -0.39 is 5.97 Å². The zero-order valence-corrected chi connectivity index (χ0v) is 10.2. The van der Waals surface area contributed by atoms with Crippen LogP contribution in [0.15, 0.2) is 28.7 Å². The Bertz CT molecular complexity index is 576. The van der Waals surface area contributed by atoms with Crippen LogP contribution in [0.3, 0.4) is 0 Å². The molecule has 1 saturated carbocycles. The van der Waals surface area contributed by atoms with Gasteiger partial charge in [0.2, 0.25) is 5.76 Å². The van der Waals surface area contributed by atoms with Crippen LogP contribution >= 0.6 is 0 Å². The first-order chi connectivity index (χ1) is 8.75. The molecule has 0 radical (unpaired) electrons. The SMILES string of the molecule is O=C(O)c1cc2cccc(C3CCCCC3)c2o1. The van der Waals surface area contributed by atoms with Gasteiger partial charge in [0.15, 0.2) is 0 Å². The molecule has 0 amide bonds. The summed E-state index contributed by atoms with van der Waals surface area (Å²) in [6.45, 7) is 0. The molecule has 3 rings (SSSR count). The minimum Gasteiger partial charge on any atom is -0.475 e. The summed E-state index contributed by atoms with van der Waals surface area (Å²) in [5.41, 5.74) is 1.95. The average molecular weight is 244 g/mol. The third-order valence-corrected chi connectivity index (χ3v) is 3.83. The van der Waals surface area contributed by atoms with Gasteiger partial charge in [-0.2, -0.15) is 0 Å². The predicted octanol–water partition coefficient (Wildman–Crippen LogP) is 4.18. The molecule has 94 valence electrons. The molecule has 18 heavy (non-hydrogen) atoms. The molecule has 0 atom stereocenters. The first kappa shape index (κ1) is 11.3. The lowest BCUT2D eigenvalue weighted by Gasteiger charge is -2.21. The van der Waals surface area contributed by atoms with Gasteiger partial charge in [-0.1, -0.05) is 37.5 Å².